The molecule has 0 aliphatic heterocycles. The van der Waals surface area contributed by atoms with Crippen molar-refractivity contribution >= 4 is 34.8 Å². The molecule has 2 aromatic rings. The molecule has 21 heavy (non-hydrogen) atoms. The number of anilines is 1. The monoisotopic (exact) mass is 321 g/mol. The standard InChI is InChI=1S/C17H17Cl2NO/c1-12-5-8-15(19)11-16(12)20-17(21)4-2-3-13-6-9-14(18)10-7-13/h5-11H,2-4H2,1H3,(H,20,21). The van der Waals surface area contributed by atoms with E-state index in [0.717, 1.165) is 29.1 Å². The van der Waals surface area contributed by atoms with E-state index in [1.54, 1.807) is 6.07 Å². The summed E-state index contributed by atoms with van der Waals surface area (Å²) in [6.45, 7) is 1.94. The Morgan fingerprint density at radius 3 is 2.43 bits per heavy atom. The van der Waals surface area contributed by atoms with E-state index in [1.165, 1.54) is 5.56 Å². The van der Waals surface area contributed by atoms with Crippen LogP contribution in [0.25, 0.3) is 0 Å². The van der Waals surface area contributed by atoms with Crippen molar-refractivity contribution in [3.63, 3.8) is 0 Å². The van der Waals surface area contributed by atoms with Gasteiger partial charge in [-0.3, -0.25) is 4.79 Å². The van der Waals surface area contributed by atoms with Crippen molar-refractivity contribution < 1.29 is 4.79 Å². The fourth-order valence-corrected chi connectivity index (χ4v) is 2.34. The molecule has 2 aromatic carbocycles. The van der Waals surface area contributed by atoms with Crippen molar-refractivity contribution in [3.05, 3.63) is 63.6 Å². The van der Waals surface area contributed by atoms with Crippen molar-refractivity contribution in [1.29, 1.82) is 0 Å². The van der Waals surface area contributed by atoms with Crippen molar-refractivity contribution in [2.45, 2.75) is 26.2 Å². The lowest BCUT2D eigenvalue weighted by Gasteiger charge is -2.09. The van der Waals surface area contributed by atoms with Gasteiger partial charge >= 0.3 is 0 Å². The van der Waals surface area contributed by atoms with E-state index in [9.17, 15) is 4.79 Å². The molecule has 2 rings (SSSR count). The number of hydrogen-bond donors (Lipinski definition) is 1. The Bertz CT molecular complexity index is 623. The van der Waals surface area contributed by atoms with E-state index in [-0.39, 0.29) is 5.91 Å². The van der Waals surface area contributed by atoms with E-state index < -0.39 is 0 Å². The lowest BCUT2D eigenvalue weighted by Crippen LogP contribution is -2.12. The summed E-state index contributed by atoms with van der Waals surface area (Å²) in [7, 11) is 0. The van der Waals surface area contributed by atoms with Gasteiger partial charge in [-0.25, -0.2) is 0 Å². The number of halogens is 2. The number of carbonyl (C=O) groups excluding carboxylic acids is 1. The number of amides is 1. The summed E-state index contributed by atoms with van der Waals surface area (Å²) in [5, 5.41) is 4.25. The van der Waals surface area contributed by atoms with Crippen LogP contribution in [0.3, 0.4) is 0 Å². The summed E-state index contributed by atoms with van der Waals surface area (Å²) in [6, 6.07) is 13.2. The average molecular weight is 322 g/mol. The van der Waals surface area contributed by atoms with Crippen LogP contribution in [0, 0.1) is 6.92 Å². The average Bonchev–Trinajstić information content (AvgIpc) is 2.45. The fourth-order valence-electron chi connectivity index (χ4n) is 2.05. The maximum Gasteiger partial charge on any atom is 0.224 e. The number of nitrogens with one attached hydrogen (secondary N) is 1. The highest BCUT2D eigenvalue weighted by Gasteiger charge is 2.05. The largest absolute Gasteiger partial charge is 0.326 e. The molecule has 0 aromatic heterocycles. The lowest BCUT2D eigenvalue weighted by molar-refractivity contribution is -0.116. The number of benzene rings is 2. The third kappa shape index (κ3) is 5.07. The van der Waals surface area contributed by atoms with Crippen LogP contribution in [0.4, 0.5) is 5.69 Å². The van der Waals surface area contributed by atoms with Crippen LogP contribution >= 0.6 is 23.2 Å². The topological polar surface area (TPSA) is 29.1 Å². The van der Waals surface area contributed by atoms with Gasteiger partial charge in [0.2, 0.25) is 5.91 Å². The van der Waals surface area contributed by atoms with Crippen LogP contribution < -0.4 is 5.32 Å². The SMILES string of the molecule is Cc1ccc(Cl)cc1NC(=O)CCCc1ccc(Cl)cc1. The number of rotatable bonds is 5. The highest BCUT2D eigenvalue weighted by molar-refractivity contribution is 6.31. The Kier molecular flexibility index (Phi) is 5.66. The minimum absolute atomic E-state index is 0.00864. The molecule has 0 aliphatic carbocycles. The van der Waals surface area contributed by atoms with Crippen LogP contribution in [0.2, 0.25) is 10.0 Å². The molecule has 1 amide bonds. The van der Waals surface area contributed by atoms with E-state index in [2.05, 4.69) is 5.32 Å². The molecule has 0 aliphatic rings. The first-order valence-corrected chi connectivity index (χ1v) is 7.60. The Morgan fingerprint density at radius 2 is 1.71 bits per heavy atom. The second-order valence-corrected chi connectivity index (χ2v) is 5.86. The summed E-state index contributed by atoms with van der Waals surface area (Å²) in [5.41, 5.74) is 2.97. The minimum atomic E-state index is 0.00864. The molecule has 0 saturated carbocycles. The molecule has 1 N–H and O–H groups in total. The van der Waals surface area contributed by atoms with Gasteiger partial charge in [0.1, 0.15) is 0 Å². The fraction of sp³-hybridized carbons (Fsp3) is 0.235. The molecular formula is C17H17Cl2NO. The highest BCUT2D eigenvalue weighted by Crippen LogP contribution is 2.20. The highest BCUT2D eigenvalue weighted by atomic mass is 35.5. The molecule has 0 unspecified atom stereocenters. The molecule has 0 radical (unpaired) electrons. The zero-order valence-electron chi connectivity index (χ0n) is 11.8. The van der Waals surface area contributed by atoms with Gasteiger partial charge in [0, 0.05) is 22.2 Å². The van der Waals surface area contributed by atoms with Gasteiger partial charge < -0.3 is 5.32 Å². The van der Waals surface area contributed by atoms with E-state index >= 15 is 0 Å². The Balaban J connectivity index is 1.82. The molecule has 0 fully saturated rings. The number of aryl methyl sites for hydroxylation is 2. The second kappa shape index (κ2) is 7.48. The maximum atomic E-state index is 11.9. The van der Waals surface area contributed by atoms with Crippen molar-refractivity contribution in [3.8, 4) is 0 Å². The Morgan fingerprint density at radius 1 is 1.05 bits per heavy atom. The van der Waals surface area contributed by atoms with Gasteiger partial charge in [0.15, 0.2) is 0 Å². The molecule has 0 saturated heterocycles. The third-order valence-electron chi connectivity index (χ3n) is 3.26. The first-order chi connectivity index (χ1) is 10.0. The summed E-state index contributed by atoms with van der Waals surface area (Å²) in [6.07, 6.45) is 2.14. The summed E-state index contributed by atoms with van der Waals surface area (Å²) < 4.78 is 0. The number of carbonyl (C=O) groups is 1. The van der Waals surface area contributed by atoms with Crippen LogP contribution in [-0.4, -0.2) is 5.91 Å². The van der Waals surface area contributed by atoms with Crippen LogP contribution in [0.5, 0.6) is 0 Å². The predicted octanol–water partition coefficient (Wildman–Crippen LogP) is 5.26. The molecule has 0 spiro atoms. The van der Waals surface area contributed by atoms with Gasteiger partial charge in [0.05, 0.1) is 0 Å². The second-order valence-electron chi connectivity index (χ2n) is 4.99. The smallest absolute Gasteiger partial charge is 0.224 e. The zero-order chi connectivity index (χ0) is 15.2. The molecule has 0 atom stereocenters. The quantitative estimate of drug-likeness (QED) is 0.799. The first-order valence-electron chi connectivity index (χ1n) is 6.85. The molecule has 0 heterocycles. The number of hydrogen-bond acceptors (Lipinski definition) is 1. The molecule has 2 nitrogen and oxygen atoms in total. The molecule has 110 valence electrons. The van der Waals surface area contributed by atoms with Gasteiger partial charge in [-0.1, -0.05) is 41.4 Å². The summed E-state index contributed by atoms with van der Waals surface area (Å²) in [4.78, 5) is 11.9. The normalized spacial score (nSPS) is 10.4. The van der Waals surface area contributed by atoms with Crippen molar-refractivity contribution in [2.75, 3.05) is 5.32 Å². The molecular weight excluding hydrogens is 305 g/mol. The maximum absolute atomic E-state index is 11.9. The Hall–Kier alpha value is -1.51. The van der Waals surface area contributed by atoms with E-state index in [4.69, 9.17) is 23.2 Å². The summed E-state index contributed by atoms with van der Waals surface area (Å²) >= 11 is 11.8. The van der Waals surface area contributed by atoms with Gasteiger partial charge in [0.25, 0.3) is 0 Å². The summed E-state index contributed by atoms with van der Waals surface area (Å²) in [5.74, 6) is 0.00864. The van der Waals surface area contributed by atoms with Crippen molar-refractivity contribution in [1.82, 2.24) is 0 Å². The molecule has 0 bridgehead atoms. The van der Waals surface area contributed by atoms with Crippen molar-refractivity contribution in [2.24, 2.45) is 0 Å². The first kappa shape index (κ1) is 15.9. The lowest BCUT2D eigenvalue weighted by atomic mass is 10.1. The van der Waals surface area contributed by atoms with Gasteiger partial charge in [-0.15, -0.1) is 0 Å². The molecule has 4 heteroatoms. The van der Waals surface area contributed by atoms with Gasteiger partial charge in [-0.2, -0.15) is 0 Å². The predicted molar refractivity (Wildman–Crippen MR) is 89.2 cm³/mol. The van der Waals surface area contributed by atoms with Crippen LogP contribution in [-0.2, 0) is 11.2 Å². The van der Waals surface area contributed by atoms with E-state index in [0.29, 0.717) is 11.4 Å². The van der Waals surface area contributed by atoms with Crippen LogP contribution in [0.1, 0.15) is 24.0 Å². The van der Waals surface area contributed by atoms with Crippen LogP contribution in [0.15, 0.2) is 42.5 Å². The third-order valence-corrected chi connectivity index (χ3v) is 3.74. The Labute approximate surface area is 135 Å². The van der Waals surface area contributed by atoms with Gasteiger partial charge in [-0.05, 0) is 55.2 Å². The minimum Gasteiger partial charge on any atom is -0.326 e. The zero-order valence-corrected chi connectivity index (χ0v) is 13.3. The van der Waals surface area contributed by atoms with E-state index in [1.807, 2.05) is 43.3 Å².